The molecule has 2 rings (SSSR count). The summed E-state index contributed by atoms with van der Waals surface area (Å²) in [6.45, 7) is 2.08. The van der Waals surface area contributed by atoms with Crippen molar-refractivity contribution in [2.24, 2.45) is 0 Å². The van der Waals surface area contributed by atoms with Gasteiger partial charge in [0, 0.05) is 12.7 Å². The molecule has 0 aliphatic heterocycles. The van der Waals surface area contributed by atoms with Crippen molar-refractivity contribution in [2.45, 2.75) is 13.0 Å². The molecule has 2 heteroatoms. The average Bonchev–Trinajstić information content (AvgIpc) is 2.52. The Hall–Kier alpha value is -1.28. The van der Waals surface area contributed by atoms with E-state index in [1.807, 2.05) is 12.1 Å². The summed E-state index contributed by atoms with van der Waals surface area (Å²) in [5, 5.41) is 0. The molecule has 1 unspecified atom stereocenters. The molecule has 0 amide bonds. The van der Waals surface area contributed by atoms with Gasteiger partial charge in [-0.25, -0.2) is 0 Å². The highest BCUT2D eigenvalue weighted by atomic mass is 16.5. The lowest BCUT2D eigenvalue weighted by atomic mass is 10.1. The SMILES string of the molecule is COc1cccc2c1C=C(C)C2OC. The first kappa shape index (κ1) is 9.28. The Morgan fingerprint density at radius 3 is 2.64 bits per heavy atom. The summed E-state index contributed by atoms with van der Waals surface area (Å²) in [6.07, 6.45) is 2.22. The molecule has 1 aromatic carbocycles. The first-order valence-electron chi connectivity index (χ1n) is 4.66. The summed E-state index contributed by atoms with van der Waals surface area (Å²) < 4.78 is 10.7. The van der Waals surface area contributed by atoms with Gasteiger partial charge in [0.25, 0.3) is 0 Å². The van der Waals surface area contributed by atoms with Gasteiger partial charge in [-0.1, -0.05) is 12.1 Å². The van der Waals surface area contributed by atoms with E-state index >= 15 is 0 Å². The zero-order chi connectivity index (χ0) is 10.1. The molecule has 0 bridgehead atoms. The molecule has 1 aliphatic carbocycles. The van der Waals surface area contributed by atoms with Crippen molar-refractivity contribution in [3.63, 3.8) is 0 Å². The topological polar surface area (TPSA) is 18.5 Å². The van der Waals surface area contributed by atoms with E-state index in [0.717, 1.165) is 11.3 Å². The van der Waals surface area contributed by atoms with Crippen LogP contribution < -0.4 is 4.74 Å². The molecular formula is C12H14O2. The Balaban J connectivity index is 2.54. The maximum atomic E-state index is 5.43. The standard InChI is InChI=1S/C12H14O2/c1-8-7-10-9(12(8)14-3)5-4-6-11(10)13-2/h4-7,12H,1-3H3. The van der Waals surface area contributed by atoms with Gasteiger partial charge in [0.1, 0.15) is 11.9 Å². The monoisotopic (exact) mass is 190 g/mol. The van der Waals surface area contributed by atoms with Crippen LogP contribution in [0.15, 0.2) is 23.8 Å². The number of rotatable bonds is 2. The van der Waals surface area contributed by atoms with E-state index in [0.29, 0.717) is 0 Å². The van der Waals surface area contributed by atoms with Gasteiger partial charge in [-0.3, -0.25) is 0 Å². The Morgan fingerprint density at radius 2 is 2.00 bits per heavy atom. The molecule has 1 aliphatic rings. The van der Waals surface area contributed by atoms with Crippen LogP contribution in [-0.2, 0) is 4.74 Å². The second kappa shape index (κ2) is 3.46. The van der Waals surface area contributed by atoms with E-state index < -0.39 is 0 Å². The predicted molar refractivity (Wildman–Crippen MR) is 56.4 cm³/mol. The third-order valence-electron chi connectivity index (χ3n) is 2.62. The minimum Gasteiger partial charge on any atom is -0.496 e. The zero-order valence-corrected chi connectivity index (χ0v) is 8.70. The first-order chi connectivity index (χ1) is 6.77. The van der Waals surface area contributed by atoms with Crippen molar-refractivity contribution >= 4 is 6.08 Å². The Morgan fingerprint density at radius 1 is 1.21 bits per heavy atom. The lowest BCUT2D eigenvalue weighted by Crippen LogP contribution is -1.99. The average molecular weight is 190 g/mol. The van der Waals surface area contributed by atoms with E-state index in [2.05, 4.69) is 19.1 Å². The van der Waals surface area contributed by atoms with Gasteiger partial charge in [-0.15, -0.1) is 0 Å². The van der Waals surface area contributed by atoms with E-state index in [4.69, 9.17) is 9.47 Å². The summed E-state index contributed by atoms with van der Waals surface area (Å²) in [5.41, 5.74) is 3.58. The maximum Gasteiger partial charge on any atom is 0.126 e. The van der Waals surface area contributed by atoms with Crippen molar-refractivity contribution in [3.05, 3.63) is 34.9 Å². The smallest absolute Gasteiger partial charge is 0.126 e. The normalized spacial score (nSPS) is 19.1. The Labute approximate surface area is 84.2 Å². The zero-order valence-electron chi connectivity index (χ0n) is 8.70. The van der Waals surface area contributed by atoms with Gasteiger partial charge in [-0.05, 0) is 30.2 Å². The second-order valence-electron chi connectivity index (χ2n) is 3.47. The molecule has 0 spiro atoms. The molecule has 0 saturated carbocycles. The van der Waals surface area contributed by atoms with E-state index in [9.17, 15) is 0 Å². The molecule has 0 fully saturated rings. The van der Waals surface area contributed by atoms with Crippen molar-refractivity contribution in [2.75, 3.05) is 14.2 Å². The predicted octanol–water partition coefficient (Wildman–Crippen LogP) is 2.80. The highest BCUT2D eigenvalue weighted by Crippen LogP contribution is 2.40. The molecule has 0 saturated heterocycles. The fourth-order valence-corrected chi connectivity index (χ4v) is 1.98. The summed E-state index contributed by atoms with van der Waals surface area (Å²) in [7, 11) is 3.43. The van der Waals surface area contributed by atoms with Gasteiger partial charge >= 0.3 is 0 Å². The molecule has 1 aromatic rings. The van der Waals surface area contributed by atoms with Crippen LogP contribution in [0.3, 0.4) is 0 Å². The van der Waals surface area contributed by atoms with Crippen LogP contribution in [0.1, 0.15) is 24.2 Å². The van der Waals surface area contributed by atoms with Crippen molar-refractivity contribution in [1.82, 2.24) is 0 Å². The van der Waals surface area contributed by atoms with Crippen LogP contribution in [0.2, 0.25) is 0 Å². The van der Waals surface area contributed by atoms with E-state index in [1.54, 1.807) is 14.2 Å². The van der Waals surface area contributed by atoms with Crippen LogP contribution >= 0.6 is 0 Å². The van der Waals surface area contributed by atoms with Gasteiger partial charge < -0.3 is 9.47 Å². The second-order valence-corrected chi connectivity index (χ2v) is 3.47. The van der Waals surface area contributed by atoms with Crippen molar-refractivity contribution < 1.29 is 9.47 Å². The fourth-order valence-electron chi connectivity index (χ4n) is 1.98. The largest absolute Gasteiger partial charge is 0.496 e. The number of fused-ring (bicyclic) bond motifs is 1. The number of methoxy groups -OCH3 is 2. The highest BCUT2D eigenvalue weighted by Gasteiger charge is 2.24. The van der Waals surface area contributed by atoms with Crippen LogP contribution in [0.5, 0.6) is 5.75 Å². The fraction of sp³-hybridized carbons (Fsp3) is 0.333. The van der Waals surface area contributed by atoms with Crippen LogP contribution in [0, 0.1) is 0 Å². The summed E-state index contributed by atoms with van der Waals surface area (Å²) in [6, 6.07) is 6.05. The van der Waals surface area contributed by atoms with Gasteiger partial charge in [-0.2, -0.15) is 0 Å². The molecule has 0 radical (unpaired) electrons. The Bertz CT molecular complexity index is 380. The minimum absolute atomic E-state index is 0.0973. The molecule has 0 aromatic heterocycles. The van der Waals surface area contributed by atoms with Gasteiger partial charge in [0.2, 0.25) is 0 Å². The minimum atomic E-state index is 0.0973. The lowest BCUT2D eigenvalue weighted by molar-refractivity contribution is 0.136. The van der Waals surface area contributed by atoms with Crippen LogP contribution in [0.25, 0.3) is 6.08 Å². The number of hydrogen-bond donors (Lipinski definition) is 0. The molecule has 14 heavy (non-hydrogen) atoms. The summed E-state index contributed by atoms with van der Waals surface area (Å²) in [4.78, 5) is 0. The van der Waals surface area contributed by atoms with Crippen LogP contribution in [-0.4, -0.2) is 14.2 Å². The van der Waals surface area contributed by atoms with Crippen molar-refractivity contribution in [1.29, 1.82) is 0 Å². The van der Waals surface area contributed by atoms with Gasteiger partial charge in [0.15, 0.2) is 0 Å². The molecule has 1 atom stereocenters. The molecule has 74 valence electrons. The number of hydrogen-bond acceptors (Lipinski definition) is 2. The summed E-state index contributed by atoms with van der Waals surface area (Å²) >= 11 is 0. The molecule has 2 nitrogen and oxygen atoms in total. The van der Waals surface area contributed by atoms with E-state index in [-0.39, 0.29) is 6.10 Å². The quantitative estimate of drug-likeness (QED) is 0.714. The third kappa shape index (κ3) is 1.23. The third-order valence-corrected chi connectivity index (χ3v) is 2.62. The molecule has 0 N–H and O–H groups in total. The number of benzene rings is 1. The maximum absolute atomic E-state index is 5.43. The lowest BCUT2D eigenvalue weighted by Gasteiger charge is -2.12. The van der Waals surface area contributed by atoms with Gasteiger partial charge in [0.05, 0.1) is 7.11 Å². The Kier molecular flexibility index (Phi) is 2.30. The highest BCUT2D eigenvalue weighted by molar-refractivity contribution is 5.70. The summed E-state index contributed by atoms with van der Waals surface area (Å²) in [5.74, 6) is 0.918. The number of ether oxygens (including phenoxy) is 2. The van der Waals surface area contributed by atoms with Crippen LogP contribution in [0.4, 0.5) is 0 Å². The molecular weight excluding hydrogens is 176 g/mol. The molecule has 0 heterocycles. The first-order valence-corrected chi connectivity index (χ1v) is 4.66. The van der Waals surface area contributed by atoms with Crippen molar-refractivity contribution in [3.8, 4) is 5.75 Å². The van der Waals surface area contributed by atoms with E-state index in [1.165, 1.54) is 11.1 Å².